The first-order valence-corrected chi connectivity index (χ1v) is 18.0. The second-order valence-corrected chi connectivity index (χ2v) is 14.3. The third-order valence-corrected chi connectivity index (χ3v) is 11.6. The molecule has 1 unspecified atom stereocenters. The van der Waals surface area contributed by atoms with Crippen molar-refractivity contribution < 1.29 is 4.42 Å². The topological polar surface area (TPSA) is 23.0 Å². The average Bonchev–Trinajstić information content (AvgIpc) is 3.95. The highest BCUT2D eigenvalue weighted by atomic mass is 32.1. The Morgan fingerprint density at radius 1 is 0.520 bits per heavy atom. The molecule has 0 spiro atoms. The van der Waals surface area contributed by atoms with Crippen molar-refractivity contribution in [2.45, 2.75) is 12.3 Å². The van der Waals surface area contributed by atoms with Gasteiger partial charge in [-0.25, -0.2) is 0 Å². The lowest BCUT2D eigenvalue weighted by atomic mass is 9.91. The van der Waals surface area contributed by atoms with Crippen LogP contribution in [0.1, 0.15) is 17.9 Å². The Morgan fingerprint density at radius 3 is 1.86 bits per heavy atom. The van der Waals surface area contributed by atoms with Crippen molar-refractivity contribution in [3.63, 3.8) is 0 Å². The van der Waals surface area contributed by atoms with Crippen LogP contribution < -0.4 is 0 Å². The molecular formula is C46H30N2OS. The van der Waals surface area contributed by atoms with Gasteiger partial charge in [0.1, 0.15) is 21.2 Å². The lowest BCUT2D eigenvalue weighted by Crippen LogP contribution is -1.95. The summed E-state index contributed by atoms with van der Waals surface area (Å²) in [5, 5.41) is 9.77. The van der Waals surface area contributed by atoms with E-state index in [0.29, 0.717) is 5.92 Å². The highest BCUT2D eigenvalue weighted by Gasteiger charge is 2.20. The van der Waals surface area contributed by atoms with E-state index in [1.54, 1.807) is 0 Å². The first-order valence-electron chi connectivity index (χ1n) is 17.2. The van der Waals surface area contributed by atoms with Crippen molar-refractivity contribution in [1.82, 2.24) is 9.13 Å². The predicted octanol–water partition coefficient (Wildman–Crippen LogP) is 13.1. The summed E-state index contributed by atoms with van der Waals surface area (Å²) in [6, 6.07) is 50.9. The molecule has 4 heteroatoms. The minimum absolute atomic E-state index is 0.389. The van der Waals surface area contributed by atoms with Crippen molar-refractivity contribution in [1.29, 1.82) is 0 Å². The largest absolute Gasteiger partial charge is 0.456 e. The normalized spacial score (nSPS) is 14.8. The number of furan rings is 1. The number of nitrogens with zero attached hydrogens (tertiary/aromatic N) is 2. The Labute approximate surface area is 292 Å². The summed E-state index contributed by atoms with van der Waals surface area (Å²) in [6.07, 6.45) is 9.86. The van der Waals surface area contributed by atoms with E-state index in [4.69, 9.17) is 4.42 Å². The van der Waals surface area contributed by atoms with Gasteiger partial charge < -0.3 is 8.98 Å². The molecule has 10 aromatic rings. The molecule has 0 aliphatic heterocycles. The van der Waals surface area contributed by atoms with Gasteiger partial charge in [-0.3, -0.25) is 4.57 Å². The Kier molecular flexibility index (Phi) is 5.95. The molecule has 0 amide bonds. The Balaban J connectivity index is 1.12. The first kappa shape index (κ1) is 27.8. The van der Waals surface area contributed by atoms with Gasteiger partial charge in [0.05, 0.1) is 22.1 Å². The molecule has 6 aromatic carbocycles. The van der Waals surface area contributed by atoms with Crippen molar-refractivity contribution in [2.75, 3.05) is 0 Å². The molecular weight excluding hydrogens is 629 g/mol. The van der Waals surface area contributed by atoms with Gasteiger partial charge in [-0.05, 0) is 72.1 Å². The van der Waals surface area contributed by atoms with Gasteiger partial charge in [0.15, 0.2) is 0 Å². The molecule has 0 fully saturated rings. The molecule has 11 rings (SSSR count). The first-order chi connectivity index (χ1) is 24.8. The number of rotatable bonds is 4. The highest BCUT2D eigenvalue weighted by Crippen LogP contribution is 2.43. The van der Waals surface area contributed by atoms with Crippen LogP contribution in [0.2, 0.25) is 0 Å². The monoisotopic (exact) mass is 658 g/mol. The van der Waals surface area contributed by atoms with Crippen molar-refractivity contribution in [3.05, 3.63) is 169 Å². The molecule has 1 aliphatic carbocycles. The minimum Gasteiger partial charge on any atom is -0.456 e. The van der Waals surface area contributed by atoms with Crippen LogP contribution in [0.3, 0.4) is 0 Å². The number of aromatic nitrogens is 2. The average molecular weight is 659 g/mol. The van der Waals surface area contributed by atoms with Gasteiger partial charge in [-0.1, -0.05) is 121 Å². The molecule has 0 saturated heterocycles. The number of benzene rings is 6. The fourth-order valence-electron chi connectivity index (χ4n) is 8.22. The predicted molar refractivity (Wildman–Crippen MR) is 211 cm³/mol. The Bertz CT molecular complexity index is 2980. The van der Waals surface area contributed by atoms with Gasteiger partial charge in [0.25, 0.3) is 0 Å². The fraction of sp³-hybridized carbons (Fsp3) is 0.0435. The molecule has 3 nitrogen and oxygen atoms in total. The lowest BCUT2D eigenvalue weighted by Gasteiger charge is -2.13. The van der Waals surface area contributed by atoms with E-state index in [9.17, 15) is 0 Å². The van der Waals surface area contributed by atoms with E-state index < -0.39 is 0 Å². The summed E-state index contributed by atoms with van der Waals surface area (Å²) in [6.45, 7) is 0. The maximum absolute atomic E-state index is 6.38. The van der Waals surface area contributed by atoms with E-state index >= 15 is 0 Å². The van der Waals surface area contributed by atoms with Gasteiger partial charge in [0, 0.05) is 43.8 Å². The molecule has 1 aliphatic rings. The van der Waals surface area contributed by atoms with Crippen LogP contribution in [0.5, 0.6) is 0 Å². The van der Waals surface area contributed by atoms with Gasteiger partial charge in [-0.2, -0.15) is 0 Å². The summed E-state index contributed by atoms with van der Waals surface area (Å²) in [5.41, 5.74) is 10.4. The van der Waals surface area contributed by atoms with Crippen LogP contribution >= 0.6 is 11.3 Å². The molecule has 1 atom stereocenters. The summed E-state index contributed by atoms with van der Waals surface area (Å²) >= 11 is 1.83. The van der Waals surface area contributed by atoms with Crippen LogP contribution in [0, 0.1) is 0 Å². The molecule has 4 aromatic heterocycles. The molecule has 0 radical (unpaired) electrons. The Morgan fingerprint density at radius 2 is 1.14 bits per heavy atom. The number of fused-ring (bicyclic) bond motifs is 9. The van der Waals surface area contributed by atoms with Crippen LogP contribution in [0.15, 0.2) is 168 Å². The number of allylic oxidation sites excluding steroid dienone is 4. The third-order valence-electron chi connectivity index (χ3n) is 10.5. The zero-order valence-corrected chi connectivity index (χ0v) is 27.9. The maximum atomic E-state index is 6.38. The summed E-state index contributed by atoms with van der Waals surface area (Å²) in [5.74, 6) is 0.389. The van der Waals surface area contributed by atoms with Gasteiger partial charge in [0.2, 0.25) is 0 Å². The smallest absolute Gasteiger partial charge is 0.135 e. The second kappa shape index (κ2) is 10.7. The molecule has 0 bridgehead atoms. The minimum atomic E-state index is 0.389. The number of hydrogen-bond donors (Lipinski definition) is 0. The standard InChI is InChI=1S/C46H30N2OS/c1-2-11-29(12-3-1)30-21-23-42-37(27-30)38-28-31(22-24-43(38)49-42)32-16-10-17-36-35-15-6-9-20-41(35)48(46(32)36)45-26-25-44(50-45)47-39-18-7-4-13-33(39)34-14-5-8-19-40(34)47/h1-11,13-29H,12H2. The lowest BCUT2D eigenvalue weighted by molar-refractivity contribution is 0.668. The summed E-state index contributed by atoms with van der Waals surface area (Å²) in [4.78, 5) is 0. The SMILES string of the molecule is C1=CCC(c2ccc3oc4ccc(-c5cccc6c7ccccc7n(-c7ccc(-n8c9ccccc9c9ccccc98)s7)c56)cc4c3c2)C=C1. The third kappa shape index (κ3) is 4.03. The van der Waals surface area contributed by atoms with Crippen LogP contribution in [0.25, 0.3) is 86.7 Å². The summed E-state index contributed by atoms with van der Waals surface area (Å²) in [7, 11) is 0. The molecule has 50 heavy (non-hydrogen) atoms. The number of para-hydroxylation sites is 4. The van der Waals surface area contributed by atoms with E-state index in [-0.39, 0.29) is 0 Å². The fourth-order valence-corrected chi connectivity index (χ4v) is 9.27. The van der Waals surface area contributed by atoms with Gasteiger partial charge in [-0.15, -0.1) is 0 Å². The van der Waals surface area contributed by atoms with Crippen molar-refractivity contribution in [3.8, 4) is 21.1 Å². The second-order valence-electron chi connectivity index (χ2n) is 13.3. The maximum Gasteiger partial charge on any atom is 0.135 e. The van der Waals surface area contributed by atoms with Crippen LogP contribution in [-0.2, 0) is 0 Å². The molecule has 4 heterocycles. The molecule has 236 valence electrons. The van der Waals surface area contributed by atoms with E-state index in [0.717, 1.165) is 23.0 Å². The Hall–Kier alpha value is -6.10. The number of thiophene rings is 1. The molecule has 0 saturated carbocycles. The summed E-state index contributed by atoms with van der Waals surface area (Å²) < 4.78 is 11.3. The van der Waals surface area contributed by atoms with E-state index in [1.807, 2.05) is 11.3 Å². The molecule has 0 N–H and O–H groups in total. The quantitative estimate of drug-likeness (QED) is 0.185. The van der Waals surface area contributed by atoms with E-state index in [1.165, 1.54) is 75.7 Å². The van der Waals surface area contributed by atoms with Crippen LogP contribution in [-0.4, -0.2) is 9.13 Å². The van der Waals surface area contributed by atoms with E-state index in [2.05, 4.69) is 173 Å². The number of hydrogen-bond acceptors (Lipinski definition) is 2. The van der Waals surface area contributed by atoms with Crippen molar-refractivity contribution >= 4 is 76.9 Å². The zero-order chi connectivity index (χ0) is 32.8. The zero-order valence-electron chi connectivity index (χ0n) is 27.1. The van der Waals surface area contributed by atoms with Crippen LogP contribution in [0.4, 0.5) is 0 Å². The van der Waals surface area contributed by atoms with Gasteiger partial charge >= 0.3 is 0 Å². The van der Waals surface area contributed by atoms with Crippen molar-refractivity contribution in [2.24, 2.45) is 0 Å². The highest BCUT2D eigenvalue weighted by molar-refractivity contribution is 7.17.